The molecule has 1 aromatic heterocycles. The van der Waals surface area contributed by atoms with Crippen molar-refractivity contribution in [3.05, 3.63) is 64.2 Å². The van der Waals surface area contributed by atoms with Crippen LogP contribution in [-0.4, -0.2) is 44.4 Å². The van der Waals surface area contributed by atoms with Crippen molar-refractivity contribution in [1.82, 2.24) is 9.47 Å². The fourth-order valence-corrected chi connectivity index (χ4v) is 3.25. The summed E-state index contributed by atoms with van der Waals surface area (Å²) in [6.07, 6.45) is 0. The highest BCUT2D eigenvalue weighted by Crippen LogP contribution is 2.39. The molecule has 0 atom stereocenters. The highest BCUT2D eigenvalue weighted by Gasteiger charge is 2.20. The Kier molecular flexibility index (Phi) is 6.39. The second-order valence-electron chi connectivity index (χ2n) is 6.65. The van der Waals surface area contributed by atoms with E-state index < -0.39 is 10.8 Å². The zero-order chi connectivity index (χ0) is 22.5. The minimum absolute atomic E-state index is 0.00195. The molecule has 31 heavy (non-hydrogen) atoms. The quantitative estimate of drug-likeness (QED) is 0.348. The standard InChI is InChI=1S/C21H21N5O5/c1-3-24(4-2)18(27)13-25-17-11-6-5-10-16(17)19(21(25)29)22-23-20(28)14-8-7-9-15(12-14)26(30)31/h5-12,29H,3-4,13H2,1-2H3. The Morgan fingerprint density at radius 3 is 2.52 bits per heavy atom. The third kappa shape index (κ3) is 4.42. The summed E-state index contributed by atoms with van der Waals surface area (Å²) in [6.45, 7) is 4.73. The van der Waals surface area contributed by atoms with Gasteiger partial charge in [0.1, 0.15) is 6.54 Å². The zero-order valence-corrected chi connectivity index (χ0v) is 17.1. The van der Waals surface area contributed by atoms with Crippen molar-refractivity contribution in [2.75, 3.05) is 13.1 Å². The predicted octanol–water partition coefficient (Wildman–Crippen LogP) is 4.05. The monoisotopic (exact) mass is 423 g/mol. The highest BCUT2D eigenvalue weighted by molar-refractivity contribution is 5.98. The van der Waals surface area contributed by atoms with Gasteiger partial charge in [-0.05, 0) is 26.0 Å². The number of hydrogen-bond donors (Lipinski definition) is 1. The number of fused-ring (bicyclic) bond motifs is 1. The lowest BCUT2D eigenvalue weighted by Crippen LogP contribution is -2.33. The lowest BCUT2D eigenvalue weighted by Gasteiger charge is -2.19. The average molecular weight is 423 g/mol. The molecule has 2 aromatic carbocycles. The van der Waals surface area contributed by atoms with E-state index in [1.54, 1.807) is 29.2 Å². The number of aromatic nitrogens is 1. The maximum atomic E-state index is 12.5. The summed E-state index contributed by atoms with van der Waals surface area (Å²) in [4.78, 5) is 36.8. The van der Waals surface area contributed by atoms with Crippen LogP contribution in [-0.2, 0) is 11.3 Å². The number of nitro benzene ring substituents is 1. The summed E-state index contributed by atoms with van der Waals surface area (Å²) in [5.41, 5.74) is 0.368. The molecule has 1 heterocycles. The van der Waals surface area contributed by atoms with E-state index in [1.807, 2.05) is 13.8 Å². The van der Waals surface area contributed by atoms with E-state index in [4.69, 9.17) is 0 Å². The van der Waals surface area contributed by atoms with Gasteiger partial charge in [-0.2, -0.15) is 0 Å². The first-order valence-corrected chi connectivity index (χ1v) is 9.65. The van der Waals surface area contributed by atoms with Crippen LogP contribution in [0.15, 0.2) is 58.8 Å². The van der Waals surface area contributed by atoms with Gasteiger partial charge >= 0.3 is 0 Å². The second-order valence-corrected chi connectivity index (χ2v) is 6.65. The molecule has 2 amide bonds. The van der Waals surface area contributed by atoms with Gasteiger partial charge < -0.3 is 14.6 Å². The number of aromatic hydroxyl groups is 1. The number of nitrogens with zero attached hydrogens (tertiary/aromatic N) is 5. The molecule has 3 aromatic rings. The minimum Gasteiger partial charge on any atom is -0.493 e. The number of rotatable bonds is 7. The van der Waals surface area contributed by atoms with Crippen LogP contribution in [0.2, 0.25) is 0 Å². The number of carbonyl (C=O) groups excluding carboxylic acids is 2. The third-order valence-corrected chi connectivity index (χ3v) is 4.87. The third-order valence-electron chi connectivity index (χ3n) is 4.87. The van der Waals surface area contributed by atoms with Crippen molar-refractivity contribution < 1.29 is 19.6 Å². The fraction of sp³-hybridized carbons (Fsp3) is 0.238. The Labute approximate surface area is 177 Å². The molecule has 0 aliphatic heterocycles. The van der Waals surface area contributed by atoms with Crippen molar-refractivity contribution in [3.63, 3.8) is 0 Å². The second kappa shape index (κ2) is 9.16. The van der Waals surface area contributed by atoms with E-state index in [2.05, 4.69) is 10.2 Å². The molecule has 0 radical (unpaired) electrons. The number of azo groups is 1. The van der Waals surface area contributed by atoms with Crippen LogP contribution in [0.1, 0.15) is 24.2 Å². The van der Waals surface area contributed by atoms with Crippen molar-refractivity contribution in [2.45, 2.75) is 20.4 Å². The Balaban J connectivity index is 1.97. The molecular formula is C21H21N5O5. The topological polar surface area (TPSA) is 130 Å². The Morgan fingerprint density at radius 1 is 1.13 bits per heavy atom. The zero-order valence-electron chi connectivity index (χ0n) is 17.1. The Morgan fingerprint density at radius 2 is 1.84 bits per heavy atom. The fourth-order valence-electron chi connectivity index (χ4n) is 3.25. The molecular weight excluding hydrogens is 402 g/mol. The molecule has 0 bridgehead atoms. The molecule has 0 saturated heterocycles. The van der Waals surface area contributed by atoms with Crippen LogP contribution in [0.5, 0.6) is 5.88 Å². The molecule has 0 aliphatic carbocycles. The van der Waals surface area contributed by atoms with Crippen LogP contribution < -0.4 is 0 Å². The number of non-ortho nitro benzene ring substituents is 1. The summed E-state index contributed by atoms with van der Waals surface area (Å²) >= 11 is 0. The van der Waals surface area contributed by atoms with Crippen LogP contribution in [0.4, 0.5) is 11.4 Å². The number of carbonyl (C=O) groups is 2. The first-order chi connectivity index (χ1) is 14.9. The van der Waals surface area contributed by atoms with Gasteiger partial charge in [0, 0.05) is 30.6 Å². The van der Waals surface area contributed by atoms with E-state index in [1.165, 1.54) is 22.8 Å². The molecule has 0 aliphatic rings. The van der Waals surface area contributed by atoms with Gasteiger partial charge in [0.15, 0.2) is 5.69 Å². The number of likely N-dealkylation sites (N-methyl/N-ethyl adjacent to an activating group) is 1. The summed E-state index contributed by atoms with van der Waals surface area (Å²) in [5, 5.41) is 29.7. The van der Waals surface area contributed by atoms with E-state index in [-0.39, 0.29) is 35.3 Å². The molecule has 10 nitrogen and oxygen atoms in total. The summed E-state index contributed by atoms with van der Waals surface area (Å²) in [6, 6.07) is 12.1. The van der Waals surface area contributed by atoms with Crippen molar-refractivity contribution in [2.24, 2.45) is 10.2 Å². The van der Waals surface area contributed by atoms with E-state index >= 15 is 0 Å². The van der Waals surface area contributed by atoms with Crippen LogP contribution in [0.25, 0.3) is 10.9 Å². The van der Waals surface area contributed by atoms with Gasteiger partial charge in [-0.1, -0.05) is 24.3 Å². The maximum Gasteiger partial charge on any atom is 0.295 e. The SMILES string of the molecule is CCN(CC)C(=O)Cn1c(O)c(N=NC(=O)c2cccc([N+](=O)[O-])c2)c2ccccc21. The van der Waals surface area contributed by atoms with Crippen molar-refractivity contribution in [3.8, 4) is 5.88 Å². The Hall–Kier alpha value is -4.08. The van der Waals surface area contributed by atoms with Gasteiger partial charge in [-0.25, -0.2) is 0 Å². The Bertz CT molecular complexity index is 1180. The van der Waals surface area contributed by atoms with Crippen LogP contribution in [0, 0.1) is 10.1 Å². The first-order valence-electron chi connectivity index (χ1n) is 9.65. The number of benzene rings is 2. The highest BCUT2D eigenvalue weighted by atomic mass is 16.6. The van der Waals surface area contributed by atoms with Crippen molar-refractivity contribution in [1.29, 1.82) is 0 Å². The molecule has 10 heteroatoms. The van der Waals surface area contributed by atoms with Crippen LogP contribution in [0.3, 0.4) is 0 Å². The van der Waals surface area contributed by atoms with Gasteiger partial charge in [-0.15, -0.1) is 10.2 Å². The normalized spacial score (nSPS) is 11.2. The molecule has 0 saturated carbocycles. The van der Waals surface area contributed by atoms with Gasteiger partial charge in [0.2, 0.25) is 11.8 Å². The molecule has 0 spiro atoms. The molecule has 3 rings (SSSR count). The average Bonchev–Trinajstić information content (AvgIpc) is 3.04. The lowest BCUT2D eigenvalue weighted by atomic mass is 10.2. The maximum absolute atomic E-state index is 12.5. The summed E-state index contributed by atoms with van der Waals surface area (Å²) < 4.78 is 1.42. The van der Waals surface area contributed by atoms with Crippen LogP contribution >= 0.6 is 0 Å². The largest absolute Gasteiger partial charge is 0.493 e. The van der Waals surface area contributed by atoms with E-state index in [0.717, 1.165) is 6.07 Å². The van der Waals surface area contributed by atoms with Gasteiger partial charge in [0.05, 0.1) is 16.0 Å². The molecule has 1 N–H and O–H groups in total. The summed E-state index contributed by atoms with van der Waals surface area (Å²) in [7, 11) is 0. The molecule has 160 valence electrons. The van der Waals surface area contributed by atoms with E-state index in [9.17, 15) is 24.8 Å². The molecule has 0 unspecified atom stereocenters. The number of para-hydroxylation sites is 1. The minimum atomic E-state index is -0.792. The number of nitro groups is 1. The lowest BCUT2D eigenvalue weighted by molar-refractivity contribution is -0.384. The van der Waals surface area contributed by atoms with Gasteiger partial charge in [-0.3, -0.25) is 19.7 Å². The number of amides is 2. The van der Waals surface area contributed by atoms with Crippen molar-refractivity contribution >= 4 is 34.1 Å². The molecule has 0 fully saturated rings. The van der Waals surface area contributed by atoms with E-state index in [0.29, 0.717) is 24.0 Å². The van der Waals surface area contributed by atoms with Gasteiger partial charge in [0.25, 0.3) is 11.6 Å². The predicted molar refractivity (Wildman–Crippen MR) is 113 cm³/mol. The summed E-state index contributed by atoms with van der Waals surface area (Å²) in [5.74, 6) is -1.26. The smallest absolute Gasteiger partial charge is 0.295 e. The first kappa shape index (κ1) is 21.6. The number of hydrogen-bond acceptors (Lipinski definition) is 6.